The summed E-state index contributed by atoms with van der Waals surface area (Å²) in [6.07, 6.45) is 0.710. The van der Waals surface area contributed by atoms with Gasteiger partial charge in [-0.2, -0.15) is 0 Å². The highest BCUT2D eigenvalue weighted by Crippen LogP contribution is 2.28. The molecule has 1 unspecified atom stereocenters. The zero-order chi connectivity index (χ0) is 18.7. The van der Waals surface area contributed by atoms with E-state index in [4.69, 9.17) is 4.74 Å². The van der Waals surface area contributed by atoms with E-state index in [1.165, 1.54) is 23.3 Å². The van der Waals surface area contributed by atoms with Crippen LogP contribution in [0.25, 0.3) is 0 Å². The van der Waals surface area contributed by atoms with Crippen LogP contribution < -0.4 is 10.1 Å². The maximum Gasteiger partial charge on any atom is 0.330 e. The van der Waals surface area contributed by atoms with Gasteiger partial charge in [-0.05, 0) is 34.7 Å². The first-order valence-corrected chi connectivity index (χ1v) is 8.90. The van der Waals surface area contributed by atoms with E-state index in [1.54, 1.807) is 35.7 Å². The van der Waals surface area contributed by atoms with Crippen LogP contribution in [-0.2, 0) is 16.0 Å². The molecule has 0 saturated heterocycles. The molecule has 1 aromatic carbocycles. The zero-order valence-electron chi connectivity index (χ0n) is 14.1. The Kier molecular flexibility index (Phi) is 5.22. The van der Waals surface area contributed by atoms with Gasteiger partial charge in [-0.25, -0.2) is 4.79 Å². The lowest BCUT2D eigenvalue weighted by molar-refractivity contribution is -0.142. The number of hydrogen-bond donors (Lipinski definition) is 2. The van der Waals surface area contributed by atoms with Crippen molar-refractivity contribution in [3.05, 3.63) is 51.7 Å². The number of hydrogen-bond acceptors (Lipinski definition) is 5. The van der Waals surface area contributed by atoms with Crippen molar-refractivity contribution < 1.29 is 24.2 Å². The molecule has 2 aromatic rings. The lowest BCUT2D eigenvalue weighted by Gasteiger charge is -2.19. The number of carbonyl (C=O) groups excluding carboxylic acids is 2. The molecule has 8 heteroatoms. The first kappa shape index (κ1) is 17.9. The number of amides is 2. The number of nitrogens with one attached hydrogen (secondary N) is 1. The summed E-state index contributed by atoms with van der Waals surface area (Å²) in [6, 6.07) is 7.33. The van der Waals surface area contributed by atoms with E-state index < -0.39 is 17.9 Å². The van der Waals surface area contributed by atoms with Gasteiger partial charge in [-0.15, -0.1) is 11.3 Å². The summed E-state index contributed by atoms with van der Waals surface area (Å²) in [5.74, 6) is -1.24. The van der Waals surface area contributed by atoms with Crippen LogP contribution in [0.2, 0.25) is 0 Å². The van der Waals surface area contributed by atoms with E-state index in [9.17, 15) is 19.5 Å². The first-order valence-electron chi connectivity index (χ1n) is 8.02. The molecule has 1 aromatic heterocycles. The first-order chi connectivity index (χ1) is 12.5. The molecule has 1 aliphatic rings. The molecule has 2 amide bonds. The quantitative estimate of drug-likeness (QED) is 0.802. The van der Waals surface area contributed by atoms with Crippen molar-refractivity contribution in [3.63, 3.8) is 0 Å². The highest BCUT2D eigenvalue weighted by atomic mass is 32.1. The number of ether oxygens (including phenoxy) is 1. The molecule has 136 valence electrons. The fourth-order valence-electron chi connectivity index (χ4n) is 2.76. The van der Waals surface area contributed by atoms with E-state index in [0.29, 0.717) is 23.5 Å². The molecular weight excluding hydrogens is 356 g/mol. The number of benzene rings is 1. The van der Waals surface area contributed by atoms with Gasteiger partial charge < -0.3 is 20.1 Å². The van der Waals surface area contributed by atoms with E-state index >= 15 is 0 Å². The second-order valence-electron chi connectivity index (χ2n) is 5.94. The van der Waals surface area contributed by atoms with Gasteiger partial charge in [0.1, 0.15) is 5.75 Å². The van der Waals surface area contributed by atoms with E-state index in [2.05, 4.69) is 5.32 Å². The van der Waals surface area contributed by atoms with Gasteiger partial charge in [-0.1, -0.05) is 12.1 Å². The molecule has 7 nitrogen and oxygen atoms in total. The zero-order valence-corrected chi connectivity index (χ0v) is 14.9. The van der Waals surface area contributed by atoms with Crippen LogP contribution in [0.5, 0.6) is 5.75 Å². The molecular formula is C18H18N2O5S. The van der Waals surface area contributed by atoms with Crippen molar-refractivity contribution in [1.82, 2.24) is 10.2 Å². The summed E-state index contributed by atoms with van der Waals surface area (Å²) >= 11 is 1.28. The number of nitrogens with zero attached hydrogens (tertiary/aromatic N) is 1. The SMILES string of the molecule is CN(CC(=O)NC(C(=O)O)c1ccc2c(c1)CCO2)C(=O)c1cccs1. The number of fused-ring (bicyclic) bond motifs is 1. The molecule has 0 saturated carbocycles. The van der Waals surface area contributed by atoms with Crippen LogP contribution in [0.15, 0.2) is 35.7 Å². The van der Waals surface area contributed by atoms with Crippen LogP contribution in [0.3, 0.4) is 0 Å². The molecule has 0 radical (unpaired) electrons. The standard InChI is InChI=1S/C18H18N2O5S/c1-20(17(22)14-3-2-8-26-14)10-15(21)19-16(18(23)24)12-4-5-13-11(9-12)6-7-25-13/h2-5,8-9,16H,6-7,10H2,1H3,(H,19,21)(H,23,24). The van der Waals surface area contributed by atoms with Crippen molar-refractivity contribution in [2.75, 3.05) is 20.2 Å². The van der Waals surface area contributed by atoms with E-state index in [-0.39, 0.29) is 12.5 Å². The van der Waals surface area contributed by atoms with Crippen LogP contribution in [0.4, 0.5) is 0 Å². The number of rotatable bonds is 6. The van der Waals surface area contributed by atoms with E-state index in [0.717, 1.165) is 11.3 Å². The number of thiophene rings is 1. The predicted molar refractivity (Wildman–Crippen MR) is 95.4 cm³/mol. The third-order valence-electron chi connectivity index (χ3n) is 4.06. The fraction of sp³-hybridized carbons (Fsp3) is 0.278. The normalized spacial score (nSPS) is 13.4. The molecule has 2 heterocycles. The summed E-state index contributed by atoms with van der Waals surface area (Å²) in [5.41, 5.74) is 1.40. The maximum atomic E-state index is 12.3. The summed E-state index contributed by atoms with van der Waals surface area (Å²) in [7, 11) is 1.50. The minimum atomic E-state index is -1.18. The van der Waals surface area contributed by atoms with Crippen LogP contribution in [0.1, 0.15) is 26.8 Å². The highest BCUT2D eigenvalue weighted by molar-refractivity contribution is 7.12. The van der Waals surface area contributed by atoms with Gasteiger partial charge in [0, 0.05) is 13.5 Å². The molecule has 1 atom stereocenters. The molecule has 0 spiro atoms. The van der Waals surface area contributed by atoms with Crippen LogP contribution in [0, 0.1) is 0 Å². The summed E-state index contributed by atoms with van der Waals surface area (Å²) in [6.45, 7) is 0.340. The Hall–Kier alpha value is -2.87. The minimum absolute atomic E-state index is 0.228. The van der Waals surface area contributed by atoms with Gasteiger partial charge >= 0.3 is 5.97 Å². The van der Waals surface area contributed by atoms with Crippen molar-refractivity contribution in [2.24, 2.45) is 0 Å². The number of carboxylic acid groups (broad SMARTS) is 1. The molecule has 0 fully saturated rings. The summed E-state index contributed by atoms with van der Waals surface area (Å²) in [4.78, 5) is 37.8. The molecule has 0 bridgehead atoms. The average molecular weight is 374 g/mol. The second-order valence-corrected chi connectivity index (χ2v) is 6.89. The van der Waals surface area contributed by atoms with Crippen molar-refractivity contribution in [1.29, 1.82) is 0 Å². The highest BCUT2D eigenvalue weighted by Gasteiger charge is 2.25. The lowest BCUT2D eigenvalue weighted by Crippen LogP contribution is -2.41. The topological polar surface area (TPSA) is 95.9 Å². The second kappa shape index (κ2) is 7.57. The number of likely N-dealkylation sites (N-methyl/N-ethyl adjacent to an activating group) is 1. The van der Waals surface area contributed by atoms with Crippen LogP contribution in [-0.4, -0.2) is 48.0 Å². The molecule has 1 aliphatic heterocycles. The Balaban J connectivity index is 1.67. The summed E-state index contributed by atoms with van der Waals surface area (Å²) < 4.78 is 5.41. The van der Waals surface area contributed by atoms with E-state index in [1.807, 2.05) is 0 Å². The predicted octanol–water partition coefficient (Wildman–Crippen LogP) is 1.70. The van der Waals surface area contributed by atoms with Crippen molar-refractivity contribution in [2.45, 2.75) is 12.5 Å². The van der Waals surface area contributed by atoms with Gasteiger partial charge in [0.2, 0.25) is 5.91 Å². The third kappa shape index (κ3) is 3.85. The van der Waals surface area contributed by atoms with Crippen LogP contribution >= 0.6 is 11.3 Å². The molecule has 2 N–H and O–H groups in total. The number of carbonyl (C=O) groups is 3. The van der Waals surface area contributed by atoms with Gasteiger partial charge in [0.25, 0.3) is 5.91 Å². The average Bonchev–Trinajstić information content (AvgIpc) is 3.29. The molecule has 26 heavy (non-hydrogen) atoms. The van der Waals surface area contributed by atoms with Gasteiger partial charge in [-0.3, -0.25) is 9.59 Å². The Morgan fingerprint density at radius 3 is 2.85 bits per heavy atom. The monoisotopic (exact) mass is 374 g/mol. The van der Waals surface area contributed by atoms with Crippen molar-refractivity contribution in [3.8, 4) is 5.75 Å². The Morgan fingerprint density at radius 1 is 1.35 bits per heavy atom. The lowest BCUT2D eigenvalue weighted by atomic mass is 10.0. The van der Waals surface area contributed by atoms with Crippen molar-refractivity contribution >= 4 is 29.1 Å². The Labute approximate surface area is 154 Å². The Morgan fingerprint density at radius 2 is 2.15 bits per heavy atom. The third-order valence-corrected chi connectivity index (χ3v) is 4.92. The number of aliphatic carboxylic acids is 1. The molecule has 0 aliphatic carbocycles. The maximum absolute atomic E-state index is 12.3. The largest absolute Gasteiger partial charge is 0.493 e. The minimum Gasteiger partial charge on any atom is -0.493 e. The molecule has 3 rings (SSSR count). The fourth-order valence-corrected chi connectivity index (χ4v) is 3.47. The number of carboxylic acids is 1. The van der Waals surface area contributed by atoms with Gasteiger partial charge in [0.15, 0.2) is 6.04 Å². The van der Waals surface area contributed by atoms with Gasteiger partial charge in [0.05, 0.1) is 18.0 Å². The smallest absolute Gasteiger partial charge is 0.330 e. The summed E-state index contributed by atoms with van der Waals surface area (Å²) in [5, 5.41) is 13.8. The Bertz CT molecular complexity index is 834.